The van der Waals surface area contributed by atoms with Gasteiger partial charge in [-0.15, -0.1) is 0 Å². The molecule has 0 amide bonds. The lowest BCUT2D eigenvalue weighted by Gasteiger charge is -2.49. The molecule has 0 heterocycles. The van der Waals surface area contributed by atoms with Crippen LogP contribution in [0, 0.1) is 28.6 Å². The maximum atomic E-state index is 15.3. The Hall–Kier alpha value is -4.90. The van der Waals surface area contributed by atoms with E-state index in [0.717, 1.165) is 0 Å². The molecule has 264 valence electrons. The summed E-state index contributed by atoms with van der Waals surface area (Å²) >= 11 is 0. The molecule has 2 bridgehead atoms. The second-order valence-corrected chi connectivity index (χ2v) is 14.5. The maximum absolute atomic E-state index is 15.3. The van der Waals surface area contributed by atoms with Gasteiger partial charge in [0.1, 0.15) is 18.3 Å². The van der Waals surface area contributed by atoms with Gasteiger partial charge in [0.2, 0.25) is 0 Å². The van der Waals surface area contributed by atoms with Gasteiger partial charge in [-0.05, 0) is 66.8 Å². The maximum Gasteiger partial charge on any atom is 0.338 e. The molecule has 4 aliphatic rings. The molecule has 10 nitrogen and oxygen atoms in total. The van der Waals surface area contributed by atoms with Gasteiger partial charge in [-0.2, -0.15) is 0 Å². The van der Waals surface area contributed by atoms with Crippen LogP contribution in [-0.4, -0.2) is 75.6 Å². The van der Waals surface area contributed by atoms with Gasteiger partial charge >= 0.3 is 17.9 Å². The summed E-state index contributed by atoms with van der Waals surface area (Å²) in [5, 5.41) is 35.5. The molecule has 10 heteroatoms. The Morgan fingerprint density at radius 3 is 1.92 bits per heavy atom. The summed E-state index contributed by atoms with van der Waals surface area (Å²) in [5.74, 6) is -5.21. The first kappa shape index (κ1) is 34.5. The highest BCUT2D eigenvalue weighted by molar-refractivity contribution is 5.97. The molecule has 4 aliphatic carbocycles. The normalized spacial score (nSPS) is 34.8. The third kappa shape index (κ3) is 4.95. The van der Waals surface area contributed by atoms with Crippen LogP contribution in [0.4, 0.5) is 0 Å². The number of carbonyl (C=O) groups excluding carboxylic acids is 4. The second kappa shape index (κ2) is 12.4. The Balaban J connectivity index is 1.33. The highest BCUT2D eigenvalue weighted by Gasteiger charge is 2.85. The molecular formula is C41H40O10. The molecule has 0 radical (unpaired) electrons. The first-order valence-corrected chi connectivity index (χ1v) is 17.1. The van der Waals surface area contributed by atoms with E-state index in [9.17, 15) is 29.7 Å². The molecule has 2 saturated carbocycles. The van der Waals surface area contributed by atoms with Crippen molar-refractivity contribution in [1.82, 2.24) is 0 Å². The van der Waals surface area contributed by atoms with E-state index in [1.807, 2.05) is 0 Å². The standard InChI is InChI=1S/C41H40O10/c1-24-20-39-25(2)21-40(51-37(47)28-17-11-6-12-18-28)31(38(40,3)23-49-35(45)26-13-7-4-8-14-26)30(33(39)44)19-29(22-42)32(43)41(39,48)34(24)50-36(46)27-15-9-5-10-16-27/h4-20,25,30-32,34,42-43,48H,21-23H2,1-3H3/t25-,30+,31-,32-,34+,38+,39+,40-,41+/m1/s1. The molecule has 3 aromatic rings. The van der Waals surface area contributed by atoms with Crippen LogP contribution >= 0.6 is 0 Å². The van der Waals surface area contributed by atoms with Gasteiger partial charge in [0.25, 0.3) is 0 Å². The van der Waals surface area contributed by atoms with Crippen LogP contribution in [0.15, 0.2) is 114 Å². The smallest absolute Gasteiger partial charge is 0.338 e. The molecule has 1 spiro atoms. The summed E-state index contributed by atoms with van der Waals surface area (Å²) in [6.07, 6.45) is -0.227. The molecule has 3 aromatic carbocycles. The van der Waals surface area contributed by atoms with Gasteiger partial charge < -0.3 is 29.5 Å². The van der Waals surface area contributed by atoms with Crippen LogP contribution < -0.4 is 0 Å². The van der Waals surface area contributed by atoms with E-state index in [-0.39, 0.29) is 29.7 Å². The van der Waals surface area contributed by atoms with Crippen molar-refractivity contribution in [1.29, 1.82) is 0 Å². The van der Waals surface area contributed by atoms with E-state index >= 15 is 4.79 Å². The number of rotatable bonds is 8. The van der Waals surface area contributed by atoms with Gasteiger partial charge in [-0.25, -0.2) is 14.4 Å². The monoisotopic (exact) mass is 692 g/mol. The number of allylic oxidation sites excluding steroid dienone is 1. The summed E-state index contributed by atoms with van der Waals surface area (Å²) in [4.78, 5) is 55.7. The molecule has 3 N–H and O–H groups in total. The zero-order valence-electron chi connectivity index (χ0n) is 28.5. The summed E-state index contributed by atoms with van der Waals surface area (Å²) < 4.78 is 18.3. The zero-order chi connectivity index (χ0) is 36.3. The molecule has 2 fully saturated rings. The predicted molar refractivity (Wildman–Crippen MR) is 183 cm³/mol. The van der Waals surface area contributed by atoms with E-state index in [0.29, 0.717) is 11.1 Å². The first-order chi connectivity index (χ1) is 24.4. The topological polar surface area (TPSA) is 157 Å². The van der Waals surface area contributed by atoms with Crippen molar-refractivity contribution in [3.63, 3.8) is 0 Å². The van der Waals surface area contributed by atoms with Crippen LogP contribution in [0.25, 0.3) is 0 Å². The fraction of sp³-hybridized carbons (Fsp3) is 0.366. The summed E-state index contributed by atoms with van der Waals surface area (Å²) in [7, 11) is 0. The van der Waals surface area contributed by atoms with Crippen LogP contribution in [0.5, 0.6) is 0 Å². The Bertz CT molecular complexity index is 1940. The average molecular weight is 693 g/mol. The van der Waals surface area contributed by atoms with Crippen molar-refractivity contribution in [2.45, 2.75) is 50.6 Å². The quantitative estimate of drug-likeness (QED) is 0.175. The van der Waals surface area contributed by atoms with E-state index < -0.39 is 82.3 Å². The van der Waals surface area contributed by atoms with Gasteiger partial charge in [0, 0.05) is 17.3 Å². The summed E-state index contributed by atoms with van der Waals surface area (Å²) in [5.41, 5.74) is -5.63. The van der Waals surface area contributed by atoms with Crippen LogP contribution in [0.2, 0.25) is 0 Å². The van der Waals surface area contributed by atoms with Crippen LogP contribution in [0.3, 0.4) is 0 Å². The van der Waals surface area contributed by atoms with Crippen molar-refractivity contribution < 1.29 is 48.7 Å². The van der Waals surface area contributed by atoms with E-state index in [1.165, 1.54) is 6.08 Å². The third-order valence-corrected chi connectivity index (χ3v) is 11.8. The molecule has 0 aromatic heterocycles. The SMILES string of the molecule is CC1=C[C@]23C(=O)[C@@H](C=C(CO)[C@@H](O)[C@]2(O)[C@H]1OC(=O)c1ccccc1)[C@@H]1[C@](C)(COC(=O)c2ccccc2)[C@@]1(OC(=O)c1ccccc1)C[C@H]3C. The van der Waals surface area contributed by atoms with Gasteiger partial charge in [-0.3, -0.25) is 4.79 Å². The number of ether oxygens (including phenoxy) is 3. The molecule has 51 heavy (non-hydrogen) atoms. The van der Waals surface area contributed by atoms with Crippen molar-refractivity contribution in [2.24, 2.45) is 28.6 Å². The minimum atomic E-state index is -2.43. The van der Waals surface area contributed by atoms with Gasteiger partial charge in [0.05, 0.1) is 28.7 Å². The molecule has 7 rings (SSSR count). The third-order valence-electron chi connectivity index (χ3n) is 11.8. The van der Waals surface area contributed by atoms with Crippen LogP contribution in [0.1, 0.15) is 58.3 Å². The van der Waals surface area contributed by atoms with Crippen molar-refractivity contribution >= 4 is 23.7 Å². The Kier molecular flexibility index (Phi) is 8.40. The van der Waals surface area contributed by atoms with Crippen LogP contribution in [-0.2, 0) is 19.0 Å². The number of hydrogen-bond donors (Lipinski definition) is 3. The number of benzene rings is 3. The molecule has 0 unspecified atom stereocenters. The number of esters is 3. The van der Waals surface area contributed by atoms with E-state index in [1.54, 1.807) is 118 Å². The second-order valence-electron chi connectivity index (χ2n) is 14.5. The molecule has 9 atom stereocenters. The van der Waals surface area contributed by atoms with Crippen molar-refractivity contribution in [3.05, 3.63) is 131 Å². The number of aliphatic hydroxyl groups excluding tert-OH is 2. The van der Waals surface area contributed by atoms with Gasteiger partial charge in [-0.1, -0.05) is 80.6 Å². The lowest BCUT2D eigenvalue weighted by atomic mass is 9.58. The van der Waals surface area contributed by atoms with Crippen molar-refractivity contribution in [3.8, 4) is 0 Å². The molecule has 0 aliphatic heterocycles. The Labute approximate surface area is 295 Å². The first-order valence-electron chi connectivity index (χ1n) is 17.1. The number of aliphatic hydroxyl groups is 3. The number of Topliss-reactive ketones (excluding diaryl/α,β-unsaturated/α-hetero) is 1. The van der Waals surface area contributed by atoms with Crippen molar-refractivity contribution in [2.75, 3.05) is 13.2 Å². The lowest BCUT2D eigenvalue weighted by molar-refractivity contribution is -0.191. The number of fused-ring (bicyclic) bond motifs is 3. The highest BCUT2D eigenvalue weighted by Crippen LogP contribution is 2.75. The Morgan fingerprint density at radius 2 is 1.37 bits per heavy atom. The number of hydrogen-bond acceptors (Lipinski definition) is 10. The highest BCUT2D eigenvalue weighted by atomic mass is 16.6. The minimum Gasteiger partial charge on any atom is -0.461 e. The molecular weight excluding hydrogens is 652 g/mol. The van der Waals surface area contributed by atoms with Gasteiger partial charge in [0.15, 0.2) is 17.5 Å². The lowest BCUT2D eigenvalue weighted by Crippen LogP contribution is -2.66. The van der Waals surface area contributed by atoms with E-state index in [2.05, 4.69) is 0 Å². The largest absolute Gasteiger partial charge is 0.461 e. The zero-order valence-corrected chi connectivity index (χ0v) is 28.5. The van der Waals surface area contributed by atoms with E-state index in [4.69, 9.17) is 14.2 Å². The fourth-order valence-electron chi connectivity index (χ4n) is 9.34. The summed E-state index contributed by atoms with van der Waals surface area (Å²) in [6.45, 7) is 4.22. The predicted octanol–water partition coefficient (Wildman–Crippen LogP) is 4.50. The molecule has 0 saturated heterocycles. The number of ketones is 1. The Morgan fingerprint density at radius 1 is 0.843 bits per heavy atom. The fourth-order valence-corrected chi connectivity index (χ4v) is 9.34. The average Bonchev–Trinajstić information content (AvgIpc) is 3.59. The minimum absolute atomic E-state index is 0.0261. The number of carbonyl (C=O) groups is 4. The summed E-state index contributed by atoms with van der Waals surface area (Å²) in [6, 6.07) is 25.0.